The quantitative estimate of drug-likeness (QED) is 0.578. The van der Waals surface area contributed by atoms with Crippen LogP contribution in [0, 0.1) is 6.92 Å². The molecule has 2 heterocycles. The first-order chi connectivity index (χ1) is 11.2. The van der Waals surface area contributed by atoms with Gasteiger partial charge in [-0.25, -0.2) is 4.98 Å². The maximum Gasteiger partial charge on any atom is 0.282 e. The monoisotopic (exact) mass is 302 g/mol. The smallest absolute Gasteiger partial charge is 0.282 e. The second kappa shape index (κ2) is 5.21. The highest BCUT2D eigenvalue weighted by molar-refractivity contribution is 5.98. The Bertz CT molecular complexity index is 1100. The van der Waals surface area contributed by atoms with Crippen LogP contribution in [0.2, 0.25) is 0 Å². The number of aromatic amines is 1. The van der Waals surface area contributed by atoms with Gasteiger partial charge in [0, 0.05) is 22.7 Å². The van der Waals surface area contributed by atoms with Gasteiger partial charge < -0.3 is 4.98 Å². The van der Waals surface area contributed by atoms with Gasteiger partial charge in [-0.15, -0.1) is 0 Å². The summed E-state index contributed by atoms with van der Waals surface area (Å²) in [5.41, 5.74) is 2.49. The van der Waals surface area contributed by atoms with E-state index in [1.165, 1.54) is 4.68 Å². The zero-order valence-electron chi connectivity index (χ0n) is 12.5. The lowest BCUT2D eigenvalue weighted by atomic mass is 10.2. The van der Waals surface area contributed by atoms with Gasteiger partial charge in [0.05, 0.1) is 17.1 Å². The number of nitrogens with zero attached hydrogens (tertiary/aromatic N) is 3. The zero-order valence-corrected chi connectivity index (χ0v) is 12.5. The number of nitrogens with one attached hydrogen (secondary N) is 1. The van der Waals surface area contributed by atoms with Crippen molar-refractivity contribution in [2.24, 2.45) is 5.10 Å². The molecule has 5 nitrogen and oxygen atoms in total. The molecule has 4 aromatic rings. The number of para-hydroxylation sites is 2. The van der Waals surface area contributed by atoms with Crippen LogP contribution in [0.1, 0.15) is 11.4 Å². The second-order valence-corrected chi connectivity index (χ2v) is 5.33. The lowest BCUT2D eigenvalue weighted by Gasteiger charge is -2.04. The maximum atomic E-state index is 12.6. The van der Waals surface area contributed by atoms with Crippen LogP contribution in [0.4, 0.5) is 0 Å². The van der Waals surface area contributed by atoms with E-state index in [2.05, 4.69) is 15.1 Å². The highest BCUT2D eigenvalue weighted by atomic mass is 16.1. The van der Waals surface area contributed by atoms with Crippen LogP contribution in [-0.2, 0) is 0 Å². The third kappa shape index (κ3) is 2.23. The normalized spacial score (nSPS) is 11.7. The Kier molecular flexibility index (Phi) is 3.05. The van der Waals surface area contributed by atoms with Crippen LogP contribution < -0.4 is 5.56 Å². The minimum atomic E-state index is -0.163. The van der Waals surface area contributed by atoms with Crippen molar-refractivity contribution in [1.29, 1.82) is 0 Å². The number of aromatic nitrogens is 3. The van der Waals surface area contributed by atoms with Crippen molar-refractivity contribution in [3.8, 4) is 0 Å². The summed E-state index contributed by atoms with van der Waals surface area (Å²) in [6.45, 7) is 1.78. The Morgan fingerprint density at radius 1 is 1.09 bits per heavy atom. The Morgan fingerprint density at radius 2 is 1.83 bits per heavy atom. The number of hydrogen-bond donors (Lipinski definition) is 1. The van der Waals surface area contributed by atoms with Gasteiger partial charge in [-0.1, -0.05) is 30.3 Å². The van der Waals surface area contributed by atoms with Crippen molar-refractivity contribution in [2.75, 3.05) is 0 Å². The van der Waals surface area contributed by atoms with E-state index < -0.39 is 0 Å². The molecule has 0 bridgehead atoms. The molecular weight excluding hydrogens is 288 g/mol. The van der Waals surface area contributed by atoms with Crippen LogP contribution >= 0.6 is 0 Å². The minimum absolute atomic E-state index is 0.163. The lowest BCUT2D eigenvalue weighted by Crippen LogP contribution is -2.20. The molecule has 2 aromatic carbocycles. The van der Waals surface area contributed by atoms with Gasteiger partial charge >= 0.3 is 0 Å². The molecule has 0 saturated carbocycles. The van der Waals surface area contributed by atoms with Crippen LogP contribution in [-0.4, -0.2) is 20.9 Å². The second-order valence-electron chi connectivity index (χ2n) is 5.33. The topological polar surface area (TPSA) is 63.0 Å². The van der Waals surface area contributed by atoms with E-state index in [-0.39, 0.29) is 5.56 Å². The van der Waals surface area contributed by atoms with E-state index >= 15 is 0 Å². The van der Waals surface area contributed by atoms with Crippen molar-refractivity contribution in [1.82, 2.24) is 14.6 Å². The molecule has 1 N–H and O–H groups in total. The summed E-state index contributed by atoms with van der Waals surface area (Å²) < 4.78 is 1.34. The molecule has 0 aliphatic heterocycles. The molecule has 4 rings (SSSR count). The standard InChI is InChI=1S/C18H14N4O/c1-12-21-17-9-5-3-7-15(17)18(23)22(12)20-11-13-10-19-16-8-4-2-6-14(13)16/h2-11,19H,1H3. The molecule has 112 valence electrons. The molecule has 0 atom stereocenters. The van der Waals surface area contributed by atoms with E-state index in [4.69, 9.17) is 0 Å². The van der Waals surface area contributed by atoms with E-state index in [0.717, 1.165) is 16.5 Å². The summed E-state index contributed by atoms with van der Waals surface area (Å²) in [6.07, 6.45) is 3.56. The lowest BCUT2D eigenvalue weighted by molar-refractivity contribution is 0.771. The Balaban J connectivity index is 1.85. The molecule has 0 amide bonds. The van der Waals surface area contributed by atoms with Gasteiger partial charge in [-0.05, 0) is 25.1 Å². The van der Waals surface area contributed by atoms with Gasteiger partial charge in [-0.2, -0.15) is 9.78 Å². The summed E-state index contributed by atoms with van der Waals surface area (Å²) in [7, 11) is 0. The van der Waals surface area contributed by atoms with Crippen LogP contribution in [0.25, 0.3) is 21.8 Å². The molecule has 0 aliphatic carbocycles. The SMILES string of the molecule is Cc1nc2ccccc2c(=O)n1N=Cc1c[nH]c2ccccc12. The first kappa shape index (κ1) is 13.5. The third-order valence-electron chi connectivity index (χ3n) is 3.85. The van der Waals surface area contributed by atoms with Crippen molar-refractivity contribution >= 4 is 28.0 Å². The average Bonchev–Trinajstić information content (AvgIpc) is 2.98. The number of hydrogen-bond acceptors (Lipinski definition) is 3. The zero-order chi connectivity index (χ0) is 15.8. The van der Waals surface area contributed by atoms with Crippen molar-refractivity contribution in [3.05, 3.63) is 76.5 Å². The summed E-state index contributed by atoms with van der Waals surface area (Å²) in [5.74, 6) is 0.560. The molecule has 0 spiro atoms. The third-order valence-corrected chi connectivity index (χ3v) is 3.85. The number of fused-ring (bicyclic) bond motifs is 2. The van der Waals surface area contributed by atoms with Crippen LogP contribution in [0.15, 0.2) is 64.6 Å². The van der Waals surface area contributed by atoms with E-state index in [1.807, 2.05) is 48.7 Å². The molecular formula is C18H14N4O. The number of aryl methyl sites for hydroxylation is 1. The van der Waals surface area contributed by atoms with Crippen LogP contribution in [0.3, 0.4) is 0 Å². The fraction of sp³-hybridized carbons (Fsp3) is 0.0556. The Labute approximate surface area is 131 Å². The van der Waals surface area contributed by atoms with E-state index in [9.17, 15) is 4.79 Å². The van der Waals surface area contributed by atoms with Gasteiger partial charge in [0.25, 0.3) is 5.56 Å². The molecule has 0 radical (unpaired) electrons. The van der Waals surface area contributed by atoms with Crippen molar-refractivity contribution in [2.45, 2.75) is 6.92 Å². The summed E-state index contributed by atoms with van der Waals surface area (Å²) in [4.78, 5) is 20.2. The minimum Gasteiger partial charge on any atom is -0.361 e. The average molecular weight is 302 g/mol. The Hall–Kier alpha value is -3.21. The maximum absolute atomic E-state index is 12.6. The predicted octanol–water partition coefficient (Wildman–Crippen LogP) is 3.07. The predicted molar refractivity (Wildman–Crippen MR) is 92.0 cm³/mol. The van der Waals surface area contributed by atoms with Crippen LogP contribution in [0.5, 0.6) is 0 Å². The fourth-order valence-corrected chi connectivity index (χ4v) is 2.69. The first-order valence-electron chi connectivity index (χ1n) is 7.33. The molecule has 0 saturated heterocycles. The molecule has 5 heteroatoms. The fourth-order valence-electron chi connectivity index (χ4n) is 2.69. The van der Waals surface area contributed by atoms with E-state index in [0.29, 0.717) is 16.7 Å². The van der Waals surface area contributed by atoms with Gasteiger partial charge in [0.1, 0.15) is 5.82 Å². The van der Waals surface area contributed by atoms with Crippen molar-refractivity contribution in [3.63, 3.8) is 0 Å². The Morgan fingerprint density at radius 3 is 2.70 bits per heavy atom. The largest absolute Gasteiger partial charge is 0.361 e. The molecule has 0 unspecified atom stereocenters. The molecule has 0 fully saturated rings. The number of benzene rings is 2. The van der Waals surface area contributed by atoms with Crippen molar-refractivity contribution < 1.29 is 0 Å². The molecule has 2 aromatic heterocycles. The van der Waals surface area contributed by atoms with Gasteiger partial charge in [-0.3, -0.25) is 4.79 Å². The van der Waals surface area contributed by atoms with Gasteiger partial charge in [0.15, 0.2) is 0 Å². The molecule has 23 heavy (non-hydrogen) atoms. The summed E-state index contributed by atoms with van der Waals surface area (Å²) in [6, 6.07) is 15.3. The highest BCUT2D eigenvalue weighted by Crippen LogP contribution is 2.16. The molecule has 0 aliphatic rings. The van der Waals surface area contributed by atoms with Gasteiger partial charge in [0.2, 0.25) is 0 Å². The number of H-pyrrole nitrogens is 1. The summed E-state index contributed by atoms with van der Waals surface area (Å²) in [5, 5.41) is 5.97. The first-order valence-corrected chi connectivity index (χ1v) is 7.33. The highest BCUT2D eigenvalue weighted by Gasteiger charge is 2.06. The number of rotatable bonds is 2. The summed E-state index contributed by atoms with van der Waals surface area (Å²) >= 11 is 0. The van der Waals surface area contributed by atoms with E-state index in [1.54, 1.807) is 19.2 Å².